The Hall–Kier alpha value is -2.79. The summed E-state index contributed by atoms with van der Waals surface area (Å²) in [5.74, 6) is 2.07. The molecule has 0 radical (unpaired) electrons. The molecule has 0 saturated heterocycles. The molecule has 5 nitrogen and oxygen atoms in total. The van der Waals surface area contributed by atoms with Crippen molar-refractivity contribution >= 4 is 34.7 Å². The third-order valence-electron chi connectivity index (χ3n) is 3.74. The van der Waals surface area contributed by atoms with Gasteiger partial charge in [-0.3, -0.25) is 0 Å². The van der Waals surface area contributed by atoms with Gasteiger partial charge in [0.05, 0.1) is 6.61 Å². The largest absolute Gasteiger partial charge is 0.494 e. The van der Waals surface area contributed by atoms with Crippen LogP contribution in [0.25, 0.3) is 0 Å². The average Bonchev–Trinajstić information content (AvgIpc) is 2.60. The summed E-state index contributed by atoms with van der Waals surface area (Å²) in [6.07, 6.45) is 0. The Labute approximate surface area is 158 Å². The quantitative estimate of drug-likeness (QED) is 0.590. The van der Waals surface area contributed by atoms with E-state index < -0.39 is 0 Å². The lowest BCUT2D eigenvalue weighted by Crippen LogP contribution is -2.03. The van der Waals surface area contributed by atoms with Crippen molar-refractivity contribution in [2.45, 2.75) is 20.8 Å². The average molecular weight is 369 g/mol. The summed E-state index contributed by atoms with van der Waals surface area (Å²) in [5.41, 5.74) is 3.74. The van der Waals surface area contributed by atoms with Crippen molar-refractivity contribution in [3.05, 3.63) is 64.8 Å². The topological polar surface area (TPSA) is 59.1 Å². The standard InChI is InChI=1S/C20H21ClN4O/c1-4-26-17-9-7-16(8-10-17)23-19-11-14(3)22-20(25-19)24-18-12-15(21)6-5-13(18)2/h5-12H,4H2,1-3H3,(H2,22,23,24,25). The van der Waals surface area contributed by atoms with Gasteiger partial charge in [-0.25, -0.2) is 4.98 Å². The lowest BCUT2D eigenvalue weighted by Gasteiger charge is -2.12. The molecule has 0 aliphatic carbocycles. The molecule has 0 aliphatic rings. The molecule has 2 aromatic carbocycles. The smallest absolute Gasteiger partial charge is 0.229 e. The summed E-state index contributed by atoms with van der Waals surface area (Å²) in [4.78, 5) is 9.00. The van der Waals surface area contributed by atoms with Gasteiger partial charge < -0.3 is 15.4 Å². The Morgan fingerprint density at radius 2 is 1.73 bits per heavy atom. The van der Waals surface area contributed by atoms with Crippen LogP contribution in [-0.4, -0.2) is 16.6 Å². The highest BCUT2D eigenvalue weighted by Crippen LogP contribution is 2.24. The number of hydrogen-bond acceptors (Lipinski definition) is 5. The molecule has 2 N–H and O–H groups in total. The van der Waals surface area contributed by atoms with Crippen LogP contribution in [0.4, 0.5) is 23.1 Å². The highest BCUT2D eigenvalue weighted by atomic mass is 35.5. The van der Waals surface area contributed by atoms with Crippen LogP contribution in [0.2, 0.25) is 5.02 Å². The monoisotopic (exact) mass is 368 g/mol. The Bertz CT molecular complexity index is 897. The van der Waals surface area contributed by atoms with Gasteiger partial charge >= 0.3 is 0 Å². The molecule has 0 saturated carbocycles. The third kappa shape index (κ3) is 4.64. The molecule has 134 valence electrons. The fourth-order valence-corrected chi connectivity index (χ4v) is 2.66. The van der Waals surface area contributed by atoms with E-state index in [4.69, 9.17) is 16.3 Å². The molecule has 6 heteroatoms. The number of ether oxygens (including phenoxy) is 1. The lowest BCUT2D eigenvalue weighted by atomic mass is 10.2. The predicted octanol–water partition coefficient (Wildman–Crippen LogP) is 5.63. The fourth-order valence-electron chi connectivity index (χ4n) is 2.49. The molecular formula is C20H21ClN4O. The Balaban J connectivity index is 1.80. The van der Waals surface area contributed by atoms with Gasteiger partial charge in [0.25, 0.3) is 0 Å². The van der Waals surface area contributed by atoms with Gasteiger partial charge in [-0.15, -0.1) is 0 Å². The molecule has 1 aromatic heterocycles. The molecule has 26 heavy (non-hydrogen) atoms. The molecule has 0 unspecified atom stereocenters. The van der Waals surface area contributed by atoms with Crippen LogP contribution in [0, 0.1) is 13.8 Å². The molecule has 0 spiro atoms. The van der Waals surface area contributed by atoms with E-state index in [0.29, 0.717) is 23.4 Å². The number of rotatable bonds is 6. The Kier molecular flexibility index (Phi) is 5.58. The second kappa shape index (κ2) is 8.06. The van der Waals surface area contributed by atoms with Crippen molar-refractivity contribution in [3.8, 4) is 5.75 Å². The van der Waals surface area contributed by atoms with Gasteiger partial charge in [0.2, 0.25) is 5.95 Å². The van der Waals surface area contributed by atoms with E-state index in [0.717, 1.165) is 28.4 Å². The van der Waals surface area contributed by atoms with Crippen molar-refractivity contribution in [1.29, 1.82) is 0 Å². The molecule has 0 atom stereocenters. The van der Waals surface area contributed by atoms with Crippen LogP contribution < -0.4 is 15.4 Å². The number of hydrogen-bond donors (Lipinski definition) is 2. The summed E-state index contributed by atoms with van der Waals surface area (Å²) in [6, 6.07) is 15.3. The van der Waals surface area contributed by atoms with Crippen molar-refractivity contribution < 1.29 is 4.74 Å². The maximum Gasteiger partial charge on any atom is 0.229 e. The third-order valence-corrected chi connectivity index (χ3v) is 3.97. The number of anilines is 4. The zero-order chi connectivity index (χ0) is 18.5. The van der Waals surface area contributed by atoms with Gasteiger partial charge in [-0.2, -0.15) is 4.98 Å². The number of aryl methyl sites for hydroxylation is 2. The van der Waals surface area contributed by atoms with E-state index in [1.165, 1.54) is 0 Å². The van der Waals surface area contributed by atoms with Crippen LogP contribution >= 0.6 is 11.6 Å². The maximum absolute atomic E-state index is 6.08. The molecule has 0 aliphatic heterocycles. The summed E-state index contributed by atoms with van der Waals surface area (Å²) in [6.45, 7) is 6.55. The minimum atomic E-state index is 0.517. The van der Waals surface area contributed by atoms with Crippen molar-refractivity contribution in [2.75, 3.05) is 17.2 Å². The van der Waals surface area contributed by atoms with E-state index in [9.17, 15) is 0 Å². The molecule has 0 fully saturated rings. The van der Waals surface area contributed by atoms with Crippen molar-refractivity contribution in [2.24, 2.45) is 0 Å². The van der Waals surface area contributed by atoms with Gasteiger partial charge in [-0.05, 0) is 62.7 Å². The van der Waals surface area contributed by atoms with Gasteiger partial charge in [0.1, 0.15) is 11.6 Å². The van der Waals surface area contributed by atoms with Gasteiger partial charge in [0.15, 0.2) is 0 Å². The zero-order valence-electron chi connectivity index (χ0n) is 15.0. The minimum Gasteiger partial charge on any atom is -0.494 e. The maximum atomic E-state index is 6.08. The summed E-state index contributed by atoms with van der Waals surface area (Å²) < 4.78 is 5.46. The van der Waals surface area contributed by atoms with Gasteiger partial charge in [-0.1, -0.05) is 17.7 Å². The van der Waals surface area contributed by atoms with Crippen LogP contribution in [0.1, 0.15) is 18.2 Å². The van der Waals surface area contributed by atoms with Crippen LogP contribution in [-0.2, 0) is 0 Å². The van der Waals surface area contributed by atoms with Crippen LogP contribution in [0.5, 0.6) is 5.75 Å². The number of aromatic nitrogens is 2. The molecular weight excluding hydrogens is 348 g/mol. The highest BCUT2D eigenvalue weighted by Gasteiger charge is 2.06. The Morgan fingerprint density at radius 3 is 2.46 bits per heavy atom. The van der Waals surface area contributed by atoms with Crippen molar-refractivity contribution in [3.63, 3.8) is 0 Å². The van der Waals surface area contributed by atoms with E-state index in [-0.39, 0.29) is 0 Å². The summed E-state index contributed by atoms with van der Waals surface area (Å²) in [7, 11) is 0. The second-order valence-electron chi connectivity index (χ2n) is 5.88. The molecule has 0 bridgehead atoms. The fraction of sp³-hybridized carbons (Fsp3) is 0.200. The first-order valence-electron chi connectivity index (χ1n) is 8.42. The molecule has 0 amide bonds. The minimum absolute atomic E-state index is 0.517. The number of benzene rings is 2. The van der Waals surface area contributed by atoms with E-state index in [1.54, 1.807) is 0 Å². The van der Waals surface area contributed by atoms with Crippen molar-refractivity contribution in [1.82, 2.24) is 9.97 Å². The summed E-state index contributed by atoms with van der Waals surface area (Å²) in [5, 5.41) is 7.20. The Morgan fingerprint density at radius 1 is 0.962 bits per heavy atom. The number of nitrogens with one attached hydrogen (secondary N) is 2. The highest BCUT2D eigenvalue weighted by molar-refractivity contribution is 6.30. The van der Waals surface area contributed by atoms with E-state index >= 15 is 0 Å². The lowest BCUT2D eigenvalue weighted by molar-refractivity contribution is 0.340. The number of halogens is 1. The van der Waals surface area contributed by atoms with Crippen LogP contribution in [0.3, 0.4) is 0 Å². The normalized spacial score (nSPS) is 10.5. The van der Waals surface area contributed by atoms with E-state index in [1.807, 2.05) is 69.3 Å². The molecule has 3 aromatic rings. The first kappa shape index (κ1) is 18.0. The zero-order valence-corrected chi connectivity index (χ0v) is 15.8. The first-order valence-corrected chi connectivity index (χ1v) is 8.80. The second-order valence-corrected chi connectivity index (χ2v) is 6.32. The predicted molar refractivity (Wildman–Crippen MR) is 107 cm³/mol. The SMILES string of the molecule is CCOc1ccc(Nc2cc(C)nc(Nc3cc(Cl)ccc3C)n2)cc1. The summed E-state index contributed by atoms with van der Waals surface area (Å²) >= 11 is 6.08. The van der Waals surface area contributed by atoms with Gasteiger partial charge in [0, 0.05) is 28.2 Å². The number of nitrogens with zero attached hydrogens (tertiary/aromatic N) is 2. The molecule has 1 heterocycles. The van der Waals surface area contributed by atoms with E-state index in [2.05, 4.69) is 20.6 Å². The molecule has 3 rings (SSSR count). The van der Waals surface area contributed by atoms with Crippen LogP contribution in [0.15, 0.2) is 48.5 Å². The first-order chi connectivity index (χ1) is 12.5.